The summed E-state index contributed by atoms with van der Waals surface area (Å²) in [4.78, 5) is 30.9. The van der Waals surface area contributed by atoms with E-state index < -0.39 is 28.2 Å². The molecule has 0 amide bonds. The fourth-order valence-corrected chi connectivity index (χ4v) is 3.41. The van der Waals surface area contributed by atoms with Crippen LogP contribution in [0.2, 0.25) is 0 Å². The molecule has 0 spiro atoms. The highest BCUT2D eigenvalue weighted by Crippen LogP contribution is 2.33. The second-order valence-corrected chi connectivity index (χ2v) is 7.48. The van der Waals surface area contributed by atoms with E-state index in [1.54, 1.807) is 0 Å². The highest BCUT2D eigenvalue weighted by Gasteiger charge is 2.21. The molecule has 0 aliphatic heterocycles. The van der Waals surface area contributed by atoms with Crippen molar-refractivity contribution in [1.29, 1.82) is 0 Å². The number of nitrogens with one attached hydrogen (secondary N) is 1. The normalized spacial score (nSPS) is 10.5. The first-order valence-corrected chi connectivity index (χ1v) is 10.6. The molecule has 36 heavy (non-hydrogen) atoms. The van der Waals surface area contributed by atoms with Crippen LogP contribution in [0.5, 0.6) is 5.75 Å². The molecule has 180 valence electrons. The number of anilines is 2. The lowest BCUT2D eigenvalue weighted by Crippen LogP contribution is -2.09. The Morgan fingerprint density at radius 3 is 2.56 bits per heavy atom. The maximum Gasteiger partial charge on any atom is 0.335 e. The fraction of sp³-hybridized carbons (Fsp3) is 0.0385. The lowest BCUT2D eigenvalue weighted by atomic mass is 10.1. The van der Waals surface area contributed by atoms with Gasteiger partial charge in [0.2, 0.25) is 5.82 Å². The largest absolute Gasteiger partial charge is 0.418 e. The van der Waals surface area contributed by atoms with Crippen molar-refractivity contribution in [3.63, 3.8) is 0 Å². The van der Waals surface area contributed by atoms with Crippen LogP contribution in [-0.4, -0.2) is 20.9 Å². The van der Waals surface area contributed by atoms with E-state index >= 15 is 0 Å². The number of nitrogens with zero attached hydrogens (tertiary/aromatic N) is 3. The lowest BCUT2D eigenvalue weighted by molar-refractivity contribution is -0.387. The number of rotatable bonds is 8. The first-order chi connectivity index (χ1) is 17.4. The van der Waals surface area contributed by atoms with Crippen molar-refractivity contribution < 1.29 is 23.2 Å². The van der Waals surface area contributed by atoms with Gasteiger partial charge in [0.1, 0.15) is 0 Å². The van der Waals surface area contributed by atoms with Gasteiger partial charge in [0.15, 0.2) is 17.4 Å². The van der Waals surface area contributed by atoms with Crippen molar-refractivity contribution in [3.05, 3.63) is 119 Å². The first-order valence-electron chi connectivity index (χ1n) is 10.6. The van der Waals surface area contributed by atoms with Gasteiger partial charge in [0.25, 0.3) is 0 Å². The molecule has 0 fully saturated rings. The molecule has 1 heterocycles. The maximum absolute atomic E-state index is 14.8. The minimum atomic E-state index is -1.04. The Bertz CT molecular complexity index is 1460. The van der Waals surface area contributed by atoms with Crippen molar-refractivity contribution in [3.8, 4) is 17.0 Å². The van der Waals surface area contributed by atoms with Crippen LogP contribution in [-0.2, 0) is 11.2 Å². The quantitative estimate of drug-likeness (QED) is 0.111. The van der Waals surface area contributed by atoms with E-state index in [1.165, 1.54) is 30.5 Å². The number of aromatic nitrogens is 2. The second kappa shape index (κ2) is 10.5. The van der Waals surface area contributed by atoms with Crippen LogP contribution in [0.25, 0.3) is 11.3 Å². The highest BCUT2D eigenvalue weighted by molar-refractivity contribution is 5.85. The number of para-hydroxylation sites is 1. The molecule has 4 aromatic rings. The van der Waals surface area contributed by atoms with Crippen LogP contribution in [0, 0.1) is 21.7 Å². The van der Waals surface area contributed by atoms with Gasteiger partial charge in [-0.15, -0.1) is 0 Å². The molecule has 0 radical (unpaired) electrons. The molecule has 0 saturated heterocycles. The molecule has 0 bridgehead atoms. The van der Waals surface area contributed by atoms with Crippen molar-refractivity contribution in [1.82, 2.24) is 9.97 Å². The first kappa shape index (κ1) is 24.1. The van der Waals surface area contributed by atoms with E-state index in [0.717, 1.165) is 23.8 Å². The number of hydrogen-bond acceptors (Lipinski definition) is 7. The summed E-state index contributed by atoms with van der Waals surface area (Å²) in [6, 6.07) is 17.0. The topological polar surface area (TPSA) is 107 Å². The summed E-state index contributed by atoms with van der Waals surface area (Å²) in [5.41, 5.74) is 0.589. The number of nitro benzene ring substituents is 1. The van der Waals surface area contributed by atoms with Crippen LogP contribution in [0.3, 0.4) is 0 Å². The minimum Gasteiger partial charge on any atom is -0.418 e. The Balaban J connectivity index is 1.80. The molecule has 8 nitrogen and oxygen atoms in total. The van der Waals surface area contributed by atoms with Crippen LogP contribution < -0.4 is 10.1 Å². The fourth-order valence-electron chi connectivity index (χ4n) is 3.41. The molecule has 10 heteroatoms. The number of halogens is 2. The molecular formula is C26H18F2N4O4. The Morgan fingerprint density at radius 2 is 1.83 bits per heavy atom. The molecule has 1 aromatic heterocycles. The number of ether oxygens (including phenoxy) is 1. The Kier molecular flexibility index (Phi) is 7.05. The van der Waals surface area contributed by atoms with Gasteiger partial charge in [-0.25, -0.2) is 19.2 Å². The van der Waals surface area contributed by atoms with Crippen LogP contribution in [0.4, 0.5) is 26.0 Å². The van der Waals surface area contributed by atoms with E-state index in [1.807, 2.05) is 30.3 Å². The third kappa shape index (κ3) is 5.22. The van der Waals surface area contributed by atoms with E-state index in [-0.39, 0.29) is 34.9 Å². The summed E-state index contributed by atoms with van der Waals surface area (Å²) in [7, 11) is 0. The average molecular weight is 488 g/mol. The predicted octanol–water partition coefficient (Wildman–Crippen LogP) is 5.76. The monoisotopic (exact) mass is 488 g/mol. The third-order valence-corrected chi connectivity index (χ3v) is 5.10. The lowest BCUT2D eigenvalue weighted by Gasteiger charge is -2.15. The summed E-state index contributed by atoms with van der Waals surface area (Å²) in [5, 5.41) is 14.1. The number of esters is 1. The van der Waals surface area contributed by atoms with E-state index in [2.05, 4.69) is 21.9 Å². The Morgan fingerprint density at radius 1 is 1.08 bits per heavy atom. The standard InChI is InChI=1S/C26H18F2N4O4/c1-2-23(33)36-25-18(27)11-7-12-19(25)31-26-20(14-16-8-4-3-5-9-16)30-21(15-29-26)17-10-6-13-22(24(17)28)32(34)35/h2-13,15H,1,14H2,(H,29,31). The summed E-state index contributed by atoms with van der Waals surface area (Å²) in [6.07, 6.45) is 2.39. The van der Waals surface area contributed by atoms with Gasteiger partial charge in [0.05, 0.1) is 28.2 Å². The van der Waals surface area contributed by atoms with Crippen molar-refractivity contribution >= 4 is 23.2 Å². The number of carbonyl (C=O) groups excluding carboxylic acids is 1. The number of carbonyl (C=O) groups is 1. The molecule has 1 N–H and O–H groups in total. The van der Waals surface area contributed by atoms with Crippen LogP contribution in [0.15, 0.2) is 85.6 Å². The zero-order valence-corrected chi connectivity index (χ0v) is 18.7. The van der Waals surface area contributed by atoms with Gasteiger partial charge in [-0.2, -0.15) is 4.39 Å². The summed E-state index contributed by atoms with van der Waals surface area (Å²) >= 11 is 0. The molecule has 0 atom stereocenters. The van der Waals surface area contributed by atoms with E-state index in [4.69, 9.17) is 4.74 Å². The van der Waals surface area contributed by atoms with Gasteiger partial charge in [-0.1, -0.05) is 49.0 Å². The highest BCUT2D eigenvalue weighted by atomic mass is 19.1. The molecule has 3 aromatic carbocycles. The minimum absolute atomic E-state index is 0.0743. The van der Waals surface area contributed by atoms with Crippen molar-refractivity contribution in [2.24, 2.45) is 0 Å². The second-order valence-electron chi connectivity index (χ2n) is 7.48. The van der Waals surface area contributed by atoms with Gasteiger partial charge < -0.3 is 10.1 Å². The predicted molar refractivity (Wildman–Crippen MR) is 129 cm³/mol. The molecule has 0 saturated carbocycles. The van der Waals surface area contributed by atoms with Crippen molar-refractivity contribution in [2.75, 3.05) is 5.32 Å². The summed E-state index contributed by atoms with van der Waals surface area (Å²) < 4.78 is 34.3. The van der Waals surface area contributed by atoms with Crippen molar-refractivity contribution in [2.45, 2.75) is 6.42 Å². The molecule has 4 rings (SSSR count). The zero-order valence-electron chi connectivity index (χ0n) is 18.7. The smallest absolute Gasteiger partial charge is 0.335 e. The average Bonchev–Trinajstić information content (AvgIpc) is 2.87. The van der Waals surface area contributed by atoms with Gasteiger partial charge in [0, 0.05) is 24.1 Å². The zero-order chi connectivity index (χ0) is 25.7. The number of benzene rings is 3. The molecular weight excluding hydrogens is 470 g/mol. The summed E-state index contributed by atoms with van der Waals surface area (Å²) in [6.45, 7) is 3.31. The van der Waals surface area contributed by atoms with Crippen LogP contribution >= 0.6 is 0 Å². The molecule has 0 aliphatic rings. The molecule has 0 unspecified atom stereocenters. The van der Waals surface area contributed by atoms with E-state index in [9.17, 15) is 23.7 Å². The van der Waals surface area contributed by atoms with Gasteiger partial charge in [-0.05, 0) is 23.8 Å². The van der Waals surface area contributed by atoms with Crippen LogP contribution in [0.1, 0.15) is 11.3 Å². The maximum atomic E-state index is 14.8. The molecule has 0 aliphatic carbocycles. The SMILES string of the molecule is C=CC(=O)Oc1c(F)cccc1Nc1ncc(-c2cccc([N+](=O)[O-])c2F)nc1Cc1ccccc1. The van der Waals surface area contributed by atoms with E-state index in [0.29, 0.717) is 5.69 Å². The number of hydrogen-bond donors (Lipinski definition) is 1. The Hall–Kier alpha value is -4.99. The van der Waals surface area contributed by atoms with Gasteiger partial charge >= 0.3 is 11.7 Å². The Labute approximate surface area is 204 Å². The third-order valence-electron chi connectivity index (χ3n) is 5.10. The summed E-state index contributed by atoms with van der Waals surface area (Å²) in [5.74, 6) is -2.84. The number of nitro groups is 1. The van der Waals surface area contributed by atoms with Gasteiger partial charge in [-0.3, -0.25) is 10.1 Å².